The second-order valence-corrected chi connectivity index (χ2v) is 6.45. The molecule has 1 amide bonds. The van der Waals surface area contributed by atoms with Crippen LogP contribution in [0.4, 0.5) is 0 Å². The molecule has 5 heteroatoms. The van der Waals surface area contributed by atoms with Gasteiger partial charge >= 0.3 is 0 Å². The lowest BCUT2D eigenvalue weighted by Crippen LogP contribution is -2.29. The molecular formula is C16H19NO2S2. The molecule has 1 aromatic carbocycles. The molecule has 0 N–H and O–H groups in total. The average molecular weight is 321 g/mol. The fourth-order valence-electron chi connectivity index (χ4n) is 2.06. The lowest BCUT2D eigenvalue weighted by molar-refractivity contribution is -0.122. The van der Waals surface area contributed by atoms with Gasteiger partial charge < -0.3 is 4.74 Å². The van der Waals surface area contributed by atoms with Crippen LogP contribution in [-0.4, -0.2) is 35.4 Å². The molecule has 3 nitrogen and oxygen atoms in total. The summed E-state index contributed by atoms with van der Waals surface area (Å²) in [5.41, 5.74) is 2.32. The first-order valence-electron chi connectivity index (χ1n) is 6.99. The van der Waals surface area contributed by atoms with Crippen molar-refractivity contribution >= 4 is 40.3 Å². The van der Waals surface area contributed by atoms with Gasteiger partial charge in [-0.15, -0.1) is 0 Å². The molecular weight excluding hydrogens is 302 g/mol. The van der Waals surface area contributed by atoms with Crippen molar-refractivity contribution in [3.05, 3.63) is 40.3 Å². The predicted molar refractivity (Wildman–Crippen MR) is 92.2 cm³/mol. The van der Waals surface area contributed by atoms with Crippen molar-refractivity contribution in [2.24, 2.45) is 0 Å². The van der Waals surface area contributed by atoms with Crippen LogP contribution in [0.1, 0.15) is 24.5 Å². The van der Waals surface area contributed by atoms with E-state index >= 15 is 0 Å². The van der Waals surface area contributed by atoms with Crippen LogP contribution in [0.5, 0.6) is 0 Å². The summed E-state index contributed by atoms with van der Waals surface area (Å²) in [4.78, 5) is 14.7. The molecule has 1 fully saturated rings. The van der Waals surface area contributed by atoms with E-state index in [1.165, 1.54) is 17.3 Å². The van der Waals surface area contributed by atoms with Gasteiger partial charge in [-0.3, -0.25) is 9.69 Å². The van der Waals surface area contributed by atoms with Crippen molar-refractivity contribution in [2.75, 3.05) is 20.3 Å². The minimum Gasteiger partial charge on any atom is -0.385 e. The van der Waals surface area contributed by atoms with Crippen molar-refractivity contribution in [1.29, 1.82) is 0 Å². The fourth-order valence-corrected chi connectivity index (χ4v) is 3.37. The molecule has 1 aromatic rings. The minimum absolute atomic E-state index is 0.000621. The predicted octanol–water partition coefficient (Wildman–Crippen LogP) is 3.49. The number of methoxy groups -OCH3 is 1. The number of carbonyl (C=O) groups is 1. The molecule has 0 radical (unpaired) electrons. The summed E-state index contributed by atoms with van der Waals surface area (Å²) in [6, 6.07) is 8.25. The first-order valence-corrected chi connectivity index (χ1v) is 8.21. The Bertz CT molecular complexity index is 552. The molecule has 1 aliphatic rings. The van der Waals surface area contributed by atoms with E-state index in [4.69, 9.17) is 17.0 Å². The monoisotopic (exact) mass is 321 g/mol. The Kier molecular flexibility index (Phi) is 5.96. The van der Waals surface area contributed by atoms with Crippen molar-refractivity contribution in [2.45, 2.75) is 19.8 Å². The van der Waals surface area contributed by atoms with Crippen LogP contribution in [0.3, 0.4) is 0 Å². The second-order valence-electron chi connectivity index (χ2n) is 4.77. The molecule has 112 valence electrons. The summed E-state index contributed by atoms with van der Waals surface area (Å²) in [5, 5.41) is 0. The first kappa shape index (κ1) is 16.2. The number of benzene rings is 1. The van der Waals surface area contributed by atoms with E-state index in [1.807, 2.05) is 18.2 Å². The van der Waals surface area contributed by atoms with Gasteiger partial charge in [-0.1, -0.05) is 55.2 Å². The van der Waals surface area contributed by atoms with Gasteiger partial charge in [-0.25, -0.2) is 0 Å². The van der Waals surface area contributed by atoms with Crippen LogP contribution in [-0.2, 0) is 16.0 Å². The largest absolute Gasteiger partial charge is 0.385 e. The van der Waals surface area contributed by atoms with Crippen LogP contribution < -0.4 is 0 Å². The summed E-state index contributed by atoms with van der Waals surface area (Å²) < 4.78 is 5.65. The maximum Gasteiger partial charge on any atom is 0.266 e. The van der Waals surface area contributed by atoms with E-state index in [-0.39, 0.29) is 5.91 Å². The number of carbonyl (C=O) groups excluding carboxylic acids is 1. The third-order valence-corrected chi connectivity index (χ3v) is 4.67. The van der Waals surface area contributed by atoms with Gasteiger partial charge in [0.15, 0.2) is 0 Å². The van der Waals surface area contributed by atoms with E-state index in [0.29, 0.717) is 22.4 Å². The number of hydrogen-bond acceptors (Lipinski definition) is 4. The molecule has 0 spiro atoms. The average Bonchev–Trinajstić information content (AvgIpc) is 2.75. The van der Waals surface area contributed by atoms with Gasteiger partial charge in [-0.2, -0.15) is 0 Å². The zero-order valence-corrected chi connectivity index (χ0v) is 13.9. The highest BCUT2D eigenvalue weighted by atomic mass is 32.2. The molecule has 0 aliphatic carbocycles. The van der Waals surface area contributed by atoms with Gasteiger partial charge in [0.25, 0.3) is 5.91 Å². The zero-order chi connectivity index (χ0) is 15.2. The van der Waals surface area contributed by atoms with Crippen molar-refractivity contribution in [3.63, 3.8) is 0 Å². The van der Waals surface area contributed by atoms with E-state index in [1.54, 1.807) is 12.0 Å². The maximum absolute atomic E-state index is 12.3. The highest BCUT2D eigenvalue weighted by molar-refractivity contribution is 8.26. The number of thioether (sulfide) groups is 1. The number of thiocarbonyl (C=S) groups is 1. The Morgan fingerprint density at radius 2 is 2.05 bits per heavy atom. The summed E-state index contributed by atoms with van der Waals surface area (Å²) >= 11 is 6.66. The van der Waals surface area contributed by atoms with Crippen LogP contribution in [0, 0.1) is 0 Å². The quantitative estimate of drug-likeness (QED) is 0.456. The highest BCUT2D eigenvalue weighted by Crippen LogP contribution is 2.32. The fraction of sp³-hybridized carbons (Fsp3) is 0.375. The minimum atomic E-state index is 0.000621. The van der Waals surface area contributed by atoms with E-state index in [2.05, 4.69) is 19.1 Å². The lowest BCUT2D eigenvalue weighted by atomic mass is 10.1. The number of amides is 1. The number of nitrogens with zero attached hydrogens (tertiary/aromatic N) is 1. The number of ether oxygens (including phenoxy) is 1. The highest BCUT2D eigenvalue weighted by Gasteiger charge is 2.31. The Hall–Kier alpha value is -1.17. The van der Waals surface area contributed by atoms with Gasteiger partial charge in [0.2, 0.25) is 0 Å². The Balaban J connectivity index is 2.08. The first-order chi connectivity index (χ1) is 10.2. The van der Waals surface area contributed by atoms with Crippen LogP contribution in [0.25, 0.3) is 6.08 Å². The molecule has 21 heavy (non-hydrogen) atoms. The van der Waals surface area contributed by atoms with Crippen LogP contribution >= 0.6 is 24.0 Å². The SMILES string of the molecule is CCc1ccc(/C=C2\SC(=S)N(CCCOC)C2=O)cc1. The number of hydrogen-bond donors (Lipinski definition) is 0. The van der Waals surface area contributed by atoms with E-state index in [0.717, 1.165) is 18.4 Å². The third kappa shape index (κ3) is 4.15. The summed E-state index contributed by atoms with van der Waals surface area (Å²) in [6.07, 6.45) is 3.72. The second kappa shape index (κ2) is 7.73. The Morgan fingerprint density at radius 1 is 1.33 bits per heavy atom. The van der Waals surface area contributed by atoms with Gasteiger partial charge in [-0.05, 0) is 30.0 Å². The maximum atomic E-state index is 12.3. The Labute approximate surface area is 135 Å². The third-order valence-electron chi connectivity index (χ3n) is 3.29. The normalized spacial score (nSPS) is 17.0. The van der Waals surface area contributed by atoms with Gasteiger partial charge in [0.05, 0.1) is 4.91 Å². The standard InChI is InChI=1S/C16H19NO2S2/c1-3-12-5-7-13(8-6-12)11-14-15(18)17(16(20)21-14)9-4-10-19-2/h5-8,11H,3-4,9-10H2,1-2H3/b14-11-. The molecule has 2 rings (SSSR count). The smallest absolute Gasteiger partial charge is 0.266 e. The molecule has 0 saturated carbocycles. The van der Waals surface area contributed by atoms with Crippen molar-refractivity contribution in [1.82, 2.24) is 4.90 Å². The molecule has 0 bridgehead atoms. The van der Waals surface area contributed by atoms with Crippen LogP contribution in [0.15, 0.2) is 29.2 Å². The number of rotatable bonds is 6. The number of aryl methyl sites for hydroxylation is 1. The van der Waals surface area contributed by atoms with E-state index < -0.39 is 0 Å². The summed E-state index contributed by atoms with van der Waals surface area (Å²) in [7, 11) is 1.66. The molecule has 1 saturated heterocycles. The zero-order valence-electron chi connectivity index (χ0n) is 12.3. The van der Waals surface area contributed by atoms with Gasteiger partial charge in [0, 0.05) is 20.3 Å². The molecule has 0 unspecified atom stereocenters. The van der Waals surface area contributed by atoms with E-state index in [9.17, 15) is 4.79 Å². The molecule has 1 aliphatic heterocycles. The summed E-state index contributed by atoms with van der Waals surface area (Å²) in [6.45, 7) is 3.37. The molecule has 1 heterocycles. The summed E-state index contributed by atoms with van der Waals surface area (Å²) in [5.74, 6) is 0.000621. The molecule has 0 aromatic heterocycles. The van der Waals surface area contributed by atoms with Crippen LogP contribution in [0.2, 0.25) is 0 Å². The topological polar surface area (TPSA) is 29.5 Å². The van der Waals surface area contributed by atoms with Crippen molar-refractivity contribution in [3.8, 4) is 0 Å². The lowest BCUT2D eigenvalue weighted by Gasteiger charge is -2.13. The molecule has 0 atom stereocenters. The Morgan fingerprint density at radius 3 is 2.67 bits per heavy atom. The van der Waals surface area contributed by atoms with Gasteiger partial charge in [0.1, 0.15) is 4.32 Å². The van der Waals surface area contributed by atoms with Crippen molar-refractivity contribution < 1.29 is 9.53 Å².